The number of benzene rings is 1. The summed E-state index contributed by atoms with van der Waals surface area (Å²) in [4.78, 5) is 23.6. The van der Waals surface area contributed by atoms with E-state index >= 15 is 0 Å². The van der Waals surface area contributed by atoms with Crippen molar-refractivity contribution in [2.45, 2.75) is 45.2 Å². The molecule has 2 heterocycles. The first-order chi connectivity index (χ1) is 12.8. The number of aliphatic carboxylic acids is 2. The van der Waals surface area contributed by atoms with Crippen molar-refractivity contribution in [1.82, 2.24) is 9.80 Å². The third kappa shape index (κ3) is 7.60. The van der Waals surface area contributed by atoms with E-state index in [1.165, 1.54) is 61.9 Å². The molecule has 2 saturated heterocycles. The van der Waals surface area contributed by atoms with Crippen molar-refractivity contribution >= 4 is 27.9 Å². The van der Waals surface area contributed by atoms with Gasteiger partial charge in [0.2, 0.25) is 0 Å². The van der Waals surface area contributed by atoms with Gasteiger partial charge in [0.25, 0.3) is 0 Å². The first kappa shape index (κ1) is 21.9. The van der Waals surface area contributed by atoms with Crippen molar-refractivity contribution in [3.8, 4) is 0 Å². The highest BCUT2D eigenvalue weighted by molar-refractivity contribution is 9.10. The number of nitrogens with zero attached hydrogens (tertiary/aromatic N) is 2. The minimum atomic E-state index is -1.82. The summed E-state index contributed by atoms with van der Waals surface area (Å²) in [5, 5.41) is 14.8. The number of carbonyl (C=O) groups is 2. The molecule has 1 aromatic carbocycles. The van der Waals surface area contributed by atoms with Crippen LogP contribution in [0.15, 0.2) is 28.7 Å². The summed E-state index contributed by atoms with van der Waals surface area (Å²) in [6.45, 7) is 8.67. The van der Waals surface area contributed by atoms with E-state index in [1.807, 2.05) is 0 Å². The number of carboxylic acids is 2. The molecule has 2 aliphatic heterocycles. The lowest BCUT2D eigenvalue weighted by atomic mass is 9.95. The summed E-state index contributed by atoms with van der Waals surface area (Å²) in [7, 11) is 0. The van der Waals surface area contributed by atoms with Crippen LogP contribution in [0.3, 0.4) is 0 Å². The van der Waals surface area contributed by atoms with E-state index in [-0.39, 0.29) is 0 Å². The fourth-order valence-electron chi connectivity index (χ4n) is 3.73. The Bertz CT molecular complexity index is 612. The topological polar surface area (TPSA) is 81.1 Å². The van der Waals surface area contributed by atoms with Gasteiger partial charge in [0.05, 0.1) is 0 Å². The normalized spacial score (nSPS) is 19.9. The second kappa shape index (κ2) is 10.8. The zero-order valence-electron chi connectivity index (χ0n) is 15.8. The third-order valence-electron chi connectivity index (χ3n) is 5.37. The molecule has 0 aromatic heterocycles. The van der Waals surface area contributed by atoms with E-state index in [4.69, 9.17) is 19.8 Å². The minimum Gasteiger partial charge on any atom is -0.473 e. The number of halogens is 1. The molecular formula is C20H29BrN2O4. The van der Waals surface area contributed by atoms with Crippen LogP contribution in [0.2, 0.25) is 0 Å². The maximum atomic E-state index is 9.10. The third-order valence-corrected chi connectivity index (χ3v) is 5.86. The van der Waals surface area contributed by atoms with E-state index < -0.39 is 11.9 Å². The highest BCUT2D eigenvalue weighted by Crippen LogP contribution is 2.24. The SMILES string of the molecule is CC1CCN(C2CCN(Cc3cccc(Br)c3)CC2)CC1.O=C(O)C(=O)O. The molecule has 6 nitrogen and oxygen atoms in total. The van der Waals surface area contributed by atoms with Crippen LogP contribution in [-0.2, 0) is 16.1 Å². The predicted molar refractivity (Wildman–Crippen MR) is 108 cm³/mol. The van der Waals surface area contributed by atoms with Gasteiger partial charge in [-0.1, -0.05) is 35.0 Å². The number of hydrogen-bond acceptors (Lipinski definition) is 4. The van der Waals surface area contributed by atoms with Crippen molar-refractivity contribution in [2.24, 2.45) is 5.92 Å². The van der Waals surface area contributed by atoms with Crippen molar-refractivity contribution < 1.29 is 19.8 Å². The van der Waals surface area contributed by atoms with Crippen LogP contribution in [0.4, 0.5) is 0 Å². The molecule has 0 saturated carbocycles. The van der Waals surface area contributed by atoms with Crippen LogP contribution in [0, 0.1) is 5.92 Å². The molecule has 150 valence electrons. The summed E-state index contributed by atoms with van der Waals surface area (Å²) in [5.41, 5.74) is 1.43. The lowest BCUT2D eigenvalue weighted by Gasteiger charge is -2.41. The van der Waals surface area contributed by atoms with Crippen LogP contribution >= 0.6 is 15.9 Å². The van der Waals surface area contributed by atoms with Crippen molar-refractivity contribution in [2.75, 3.05) is 26.2 Å². The quantitative estimate of drug-likeness (QED) is 0.701. The van der Waals surface area contributed by atoms with Crippen molar-refractivity contribution in [3.05, 3.63) is 34.3 Å². The molecule has 0 amide bonds. The van der Waals surface area contributed by atoms with Gasteiger partial charge in [0.1, 0.15) is 0 Å². The van der Waals surface area contributed by atoms with Gasteiger partial charge in [-0.3, -0.25) is 4.90 Å². The average Bonchev–Trinajstić information content (AvgIpc) is 2.64. The van der Waals surface area contributed by atoms with Gasteiger partial charge in [-0.2, -0.15) is 0 Å². The molecule has 7 heteroatoms. The first-order valence-corrected chi connectivity index (χ1v) is 10.3. The second-order valence-corrected chi connectivity index (χ2v) is 8.38. The lowest BCUT2D eigenvalue weighted by molar-refractivity contribution is -0.159. The van der Waals surface area contributed by atoms with Gasteiger partial charge in [-0.25, -0.2) is 9.59 Å². The molecule has 0 atom stereocenters. The Labute approximate surface area is 169 Å². The molecule has 0 bridgehead atoms. The van der Waals surface area contributed by atoms with Crippen molar-refractivity contribution in [3.63, 3.8) is 0 Å². The highest BCUT2D eigenvalue weighted by Gasteiger charge is 2.26. The molecule has 0 spiro atoms. The fourth-order valence-corrected chi connectivity index (χ4v) is 4.18. The Kier molecular flexibility index (Phi) is 8.73. The predicted octanol–water partition coefficient (Wildman–Crippen LogP) is 3.30. The molecule has 0 radical (unpaired) electrons. The zero-order valence-corrected chi connectivity index (χ0v) is 17.4. The maximum absolute atomic E-state index is 9.10. The standard InChI is InChI=1S/C18H27BrN2.C2H2O4/c1-15-5-11-21(12-6-15)18-7-9-20(10-8-18)14-16-3-2-4-17(19)13-16;3-1(4)2(5)6/h2-4,13,15,18H,5-12,14H2,1H3;(H,3,4)(H,5,6). The first-order valence-electron chi connectivity index (χ1n) is 9.52. The summed E-state index contributed by atoms with van der Waals surface area (Å²) in [6, 6.07) is 9.58. The monoisotopic (exact) mass is 440 g/mol. The Morgan fingerprint density at radius 3 is 2.15 bits per heavy atom. The summed E-state index contributed by atoms with van der Waals surface area (Å²) in [6.07, 6.45) is 5.50. The molecule has 2 N–H and O–H groups in total. The van der Waals surface area contributed by atoms with Gasteiger partial charge in [-0.15, -0.1) is 0 Å². The lowest BCUT2D eigenvalue weighted by Crippen LogP contribution is -2.47. The number of hydrogen-bond donors (Lipinski definition) is 2. The largest absolute Gasteiger partial charge is 0.473 e. The Hall–Kier alpha value is -1.44. The van der Waals surface area contributed by atoms with Gasteiger partial charge < -0.3 is 15.1 Å². The summed E-state index contributed by atoms with van der Waals surface area (Å²) >= 11 is 3.57. The van der Waals surface area contributed by atoms with E-state index in [2.05, 4.69) is 56.9 Å². The van der Waals surface area contributed by atoms with E-state index in [0.717, 1.165) is 18.5 Å². The van der Waals surface area contributed by atoms with Crippen LogP contribution in [0.1, 0.15) is 38.2 Å². The van der Waals surface area contributed by atoms with Gasteiger partial charge in [0, 0.05) is 17.1 Å². The summed E-state index contributed by atoms with van der Waals surface area (Å²) < 4.78 is 1.19. The van der Waals surface area contributed by atoms with Crippen LogP contribution in [0.25, 0.3) is 0 Å². The van der Waals surface area contributed by atoms with Gasteiger partial charge in [-0.05, 0) is 75.5 Å². The molecule has 0 aliphatic carbocycles. The van der Waals surface area contributed by atoms with Crippen LogP contribution in [-0.4, -0.2) is 64.2 Å². The van der Waals surface area contributed by atoms with E-state index in [1.54, 1.807) is 0 Å². The number of likely N-dealkylation sites (tertiary alicyclic amines) is 2. The Balaban J connectivity index is 0.000000380. The molecule has 2 aliphatic rings. The molecule has 1 aromatic rings. The van der Waals surface area contributed by atoms with E-state index in [0.29, 0.717) is 0 Å². The van der Waals surface area contributed by atoms with Crippen molar-refractivity contribution in [1.29, 1.82) is 0 Å². The molecule has 2 fully saturated rings. The Morgan fingerprint density at radius 1 is 1.04 bits per heavy atom. The number of piperidine rings is 2. The maximum Gasteiger partial charge on any atom is 0.414 e. The minimum absolute atomic E-state index is 0.844. The summed E-state index contributed by atoms with van der Waals surface area (Å²) in [5.74, 6) is -2.71. The fraction of sp³-hybridized carbons (Fsp3) is 0.600. The second-order valence-electron chi connectivity index (χ2n) is 7.47. The molecule has 27 heavy (non-hydrogen) atoms. The number of rotatable bonds is 3. The van der Waals surface area contributed by atoms with Crippen LogP contribution < -0.4 is 0 Å². The molecular weight excluding hydrogens is 412 g/mol. The zero-order chi connectivity index (χ0) is 19.8. The van der Waals surface area contributed by atoms with Crippen LogP contribution in [0.5, 0.6) is 0 Å². The van der Waals surface area contributed by atoms with Gasteiger partial charge >= 0.3 is 11.9 Å². The smallest absolute Gasteiger partial charge is 0.414 e. The Morgan fingerprint density at radius 2 is 1.63 bits per heavy atom. The molecule has 0 unspecified atom stereocenters. The molecule has 3 rings (SSSR count). The average molecular weight is 441 g/mol. The van der Waals surface area contributed by atoms with E-state index in [9.17, 15) is 0 Å². The number of carboxylic acid groups (broad SMARTS) is 2. The highest BCUT2D eigenvalue weighted by atomic mass is 79.9. The van der Waals surface area contributed by atoms with Gasteiger partial charge in [0.15, 0.2) is 0 Å².